The molecule has 8 nitrogen and oxygen atoms in total. The first-order chi connectivity index (χ1) is 18.8. The average molecular weight is 544 g/mol. The number of anilines is 2. The van der Waals surface area contributed by atoms with Crippen LogP contribution in [-0.4, -0.2) is 27.1 Å². The van der Waals surface area contributed by atoms with Gasteiger partial charge in [-0.2, -0.15) is 0 Å². The Morgan fingerprint density at radius 2 is 1.97 bits per heavy atom. The third-order valence-corrected chi connectivity index (χ3v) is 7.58. The van der Waals surface area contributed by atoms with Gasteiger partial charge in [0.1, 0.15) is 29.6 Å². The number of carboxylic acids is 1. The van der Waals surface area contributed by atoms with E-state index in [1.54, 1.807) is 11.8 Å². The number of carboxylic acid groups (broad SMARTS) is 1. The summed E-state index contributed by atoms with van der Waals surface area (Å²) in [6.07, 6.45) is 4.28. The van der Waals surface area contributed by atoms with Gasteiger partial charge in [-0.3, -0.25) is 9.69 Å². The minimum absolute atomic E-state index is 0.0790. The van der Waals surface area contributed by atoms with Crippen molar-refractivity contribution in [2.75, 3.05) is 4.90 Å². The maximum atomic E-state index is 12.9. The number of ether oxygens (including phenoxy) is 1. The molecular weight excluding hydrogens is 518 g/mol. The number of rotatable bonds is 7. The minimum Gasteiger partial charge on any atom is -0.489 e. The maximum absolute atomic E-state index is 12.9. The molecule has 0 radical (unpaired) electrons. The van der Waals surface area contributed by atoms with Crippen molar-refractivity contribution in [3.8, 4) is 17.0 Å². The van der Waals surface area contributed by atoms with Gasteiger partial charge in [0.2, 0.25) is 5.91 Å². The summed E-state index contributed by atoms with van der Waals surface area (Å²) in [5.74, 6) is 1.14. The van der Waals surface area contributed by atoms with Gasteiger partial charge < -0.3 is 14.4 Å². The third-order valence-electron chi connectivity index (χ3n) is 7.27. The predicted molar refractivity (Wildman–Crippen MR) is 146 cm³/mol. The summed E-state index contributed by atoms with van der Waals surface area (Å²) >= 11 is 6.56. The van der Waals surface area contributed by atoms with Crippen LogP contribution in [0.25, 0.3) is 11.3 Å². The van der Waals surface area contributed by atoms with Crippen LogP contribution in [0.1, 0.15) is 63.6 Å². The van der Waals surface area contributed by atoms with E-state index in [0.717, 1.165) is 40.9 Å². The highest BCUT2D eigenvalue weighted by Gasteiger charge is 2.34. The Labute approximate surface area is 230 Å². The van der Waals surface area contributed by atoms with Gasteiger partial charge in [-0.05, 0) is 80.1 Å². The molecule has 1 amide bonds. The van der Waals surface area contributed by atoms with Crippen LogP contribution >= 0.6 is 11.6 Å². The Bertz CT molecular complexity index is 1600. The van der Waals surface area contributed by atoms with Gasteiger partial charge in [-0.25, -0.2) is 9.78 Å². The SMILES string of the molecule is Cc1cc(C(=O)O)cnc1N1C(=O)CCc2cc(OCc3c(-c4c(C)cccc4Cl)noc3C3CC3)ccc21. The van der Waals surface area contributed by atoms with Gasteiger partial charge in [0.15, 0.2) is 0 Å². The van der Waals surface area contributed by atoms with Crippen LogP contribution in [0.15, 0.2) is 53.2 Å². The number of fused-ring (bicyclic) bond motifs is 1. The molecule has 0 atom stereocenters. The molecule has 2 aromatic carbocycles. The fourth-order valence-corrected chi connectivity index (χ4v) is 5.43. The number of carbonyl (C=O) groups excluding carboxylic acids is 1. The van der Waals surface area contributed by atoms with E-state index < -0.39 is 5.97 Å². The number of amides is 1. The Balaban J connectivity index is 1.30. The second-order valence-electron chi connectivity index (χ2n) is 10.1. The fourth-order valence-electron chi connectivity index (χ4n) is 5.12. The van der Waals surface area contributed by atoms with Crippen LogP contribution in [0, 0.1) is 13.8 Å². The van der Waals surface area contributed by atoms with Crippen molar-refractivity contribution in [1.82, 2.24) is 10.1 Å². The van der Waals surface area contributed by atoms with E-state index in [9.17, 15) is 14.7 Å². The average Bonchev–Trinajstić information content (AvgIpc) is 3.67. The Morgan fingerprint density at radius 1 is 1.15 bits per heavy atom. The fraction of sp³-hybridized carbons (Fsp3) is 0.267. The monoisotopic (exact) mass is 543 g/mol. The molecular formula is C30H26ClN3O5. The summed E-state index contributed by atoms with van der Waals surface area (Å²) in [5, 5.41) is 14.3. The van der Waals surface area contributed by atoms with Gasteiger partial charge in [-0.1, -0.05) is 28.9 Å². The van der Waals surface area contributed by atoms with Crippen molar-refractivity contribution < 1.29 is 24.0 Å². The molecule has 1 saturated carbocycles. The van der Waals surface area contributed by atoms with E-state index in [1.807, 2.05) is 43.3 Å². The van der Waals surface area contributed by atoms with E-state index in [-0.39, 0.29) is 18.1 Å². The van der Waals surface area contributed by atoms with Gasteiger partial charge >= 0.3 is 5.97 Å². The number of halogens is 1. The van der Waals surface area contributed by atoms with Gasteiger partial charge in [0, 0.05) is 24.1 Å². The zero-order chi connectivity index (χ0) is 27.3. The minimum atomic E-state index is -1.06. The first kappa shape index (κ1) is 25.1. The summed E-state index contributed by atoms with van der Waals surface area (Å²) in [6.45, 7) is 4.02. The molecule has 1 aliphatic heterocycles. The van der Waals surface area contributed by atoms with Crippen molar-refractivity contribution in [2.45, 2.75) is 52.1 Å². The summed E-state index contributed by atoms with van der Waals surface area (Å²) in [4.78, 5) is 30.1. The highest BCUT2D eigenvalue weighted by atomic mass is 35.5. The lowest BCUT2D eigenvalue weighted by molar-refractivity contribution is -0.118. The van der Waals surface area contributed by atoms with E-state index >= 15 is 0 Å². The van der Waals surface area contributed by atoms with Crippen LogP contribution in [0.5, 0.6) is 5.75 Å². The lowest BCUT2D eigenvalue weighted by Gasteiger charge is -2.30. The normalized spacial score (nSPS) is 14.8. The van der Waals surface area contributed by atoms with E-state index in [4.69, 9.17) is 20.9 Å². The second kappa shape index (κ2) is 9.85. The van der Waals surface area contributed by atoms with Gasteiger partial charge in [-0.15, -0.1) is 0 Å². The highest BCUT2D eigenvalue weighted by molar-refractivity contribution is 6.33. The summed E-state index contributed by atoms with van der Waals surface area (Å²) < 4.78 is 12.1. The van der Waals surface area contributed by atoms with Crippen molar-refractivity contribution in [3.63, 3.8) is 0 Å². The van der Waals surface area contributed by atoms with E-state index in [0.29, 0.717) is 52.3 Å². The molecule has 3 heterocycles. The van der Waals surface area contributed by atoms with Crippen molar-refractivity contribution in [2.24, 2.45) is 0 Å². The molecule has 198 valence electrons. The number of hydrogen-bond donors (Lipinski definition) is 1. The summed E-state index contributed by atoms with van der Waals surface area (Å²) in [7, 11) is 0. The number of nitrogens with zero attached hydrogens (tertiary/aromatic N) is 3. The standard InChI is InChI=1S/C30H26ClN3O5/c1-16-4-3-5-23(31)26(16)27-22(28(39-33-27)18-6-7-18)15-38-21-9-10-24-19(13-21)8-11-25(35)34(24)29-17(2)12-20(14-32-29)30(36)37/h3-5,9-10,12-14,18H,6-8,11,15H2,1-2H3,(H,36,37). The second-order valence-corrected chi connectivity index (χ2v) is 10.5. The lowest BCUT2D eigenvalue weighted by Crippen LogP contribution is -2.32. The zero-order valence-electron chi connectivity index (χ0n) is 21.5. The number of aryl methyl sites for hydroxylation is 3. The van der Waals surface area contributed by atoms with Crippen LogP contribution in [0.2, 0.25) is 5.02 Å². The molecule has 9 heteroatoms. The summed E-state index contributed by atoms with van der Waals surface area (Å²) in [5.41, 5.74) is 5.83. The van der Waals surface area contributed by atoms with Crippen LogP contribution < -0.4 is 9.64 Å². The molecule has 0 bridgehead atoms. The molecule has 1 fully saturated rings. The quantitative estimate of drug-likeness (QED) is 0.274. The molecule has 4 aromatic rings. The Morgan fingerprint density at radius 3 is 2.69 bits per heavy atom. The van der Waals surface area contributed by atoms with Crippen LogP contribution in [0.3, 0.4) is 0 Å². The molecule has 2 aliphatic rings. The zero-order valence-corrected chi connectivity index (χ0v) is 22.3. The van der Waals surface area contributed by atoms with Crippen molar-refractivity contribution >= 4 is 35.0 Å². The predicted octanol–water partition coefficient (Wildman–Crippen LogP) is 6.77. The molecule has 0 spiro atoms. The number of aromatic nitrogens is 2. The third kappa shape index (κ3) is 4.65. The van der Waals surface area contributed by atoms with Crippen LogP contribution in [0.4, 0.5) is 11.5 Å². The number of carbonyl (C=O) groups is 2. The molecule has 39 heavy (non-hydrogen) atoms. The first-order valence-corrected chi connectivity index (χ1v) is 13.2. The van der Waals surface area contributed by atoms with E-state index in [1.165, 1.54) is 12.3 Å². The molecule has 6 rings (SSSR count). The molecule has 1 aliphatic carbocycles. The number of benzene rings is 2. The topological polar surface area (TPSA) is 106 Å². The summed E-state index contributed by atoms with van der Waals surface area (Å²) in [6, 6.07) is 12.9. The van der Waals surface area contributed by atoms with Crippen molar-refractivity contribution in [1.29, 1.82) is 0 Å². The highest BCUT2D eigenvalue weighted by Crippen LogP contribution is 2.45. The lowest BCUT2D eigenvalue weighted by atomic mass is 9.99. The number of pyridine rings is 1. The number of aromatic carboxylic acids is 1. The Hall–Kier alpha value is -4.17. The van der Waals surface area contributed by atoms with Crippen molar-refractivity contribution in [3.05, 3.63) is 87.3 Å². The largest absolute Gasteiger partial charge is 0.489 e. The van der Waals surface area contributed by atoms with E-state index in [2.05, 4.69) is 10.1 Å². The molecule has 2 aromatic heterocycles. The van der Waals surface area contributed by atoms with Crippen LogP contribution in [-0.2, 0) is 17.8 Å². The smallest absolute Gasteiger partial charge is 0.337 e. The van der Waals surface area contributed by atoms with Gasteiger partial charge in [0.05, 0.1) is 21.8 Å². The molecule has 0 unspecified atom stereocenters. The maximum Gasteiger partial charge on any atom is 0.337 e. The molecule has 0 saturated heterocycles. The van der Waals surface area contributed by atoms with Gasteiger partial charge in [0.25, 0.3) is 0 Å². The molecule has 1 N–H and O–H groups in total. The number of hydrogen-bond acceptors (Lipinski definition) is 6. The Kier molecular flexibility index (Phi) is 6.35. The first-order valence-electron chi connectivity index (χ1n) is 12.8.